The van der Waals surface area contributed by atoms with Gasteiger partial charge in [0, 0.05) is 23.4 Å². The van der Waals surface area contributed by atoms with E-state index in [4.69, 9.17) is 10.5 Å². The third-order valence-electron chi connectivity index (χ3n) is 2.73. The van der Waals surface area contributed by atoms with E-state index in [0.717, 1.165) is 22.7 Å². The van der Waals surface area contributed by atoms with Crippen molar-refractivity contribution in [3.8, 4) is 10.6 Å². The van der Waals surface area contributed by atoms with Gasteiger partial charge in [0.2, 0.25) is 0 Å². The number of thiazole rings is 1. The first-order valence-corrected chi connectivity index (χ1v) is 7.45. The van der Waals surface area contributed by atoms with Gasteiger partial charge in [-0.05, 0) is 26.0 Å². The molecule has 1 unspecified atom stereocenters. The lowest BCUT2D eigenvalue weighted by molar-refractivity contribution is 0.0526. The Bertz CT molecular complexity index is 576. The topological polar surface area (TPSA) is 65.2 Å². The molecule has 0 saturated heterocycles. The Morgan fingerprint density at radius 3 is 2.70 bits per heavy atom. The summed E-state index contributed by atoms with van der Waals surface area (Å²) >= 11 is 1.59. The molecule has 4 nitrogen and oxygen atoms in total. The molecule has 106 valence electrons. The molecule has 1 atom stereocenters. The van der Waals surface area contributed by atoms with Gasteiger partial charge in [0.25, 0.3) is 0 Å². The molecule has 0 spiro atoms. The van der Waals surface area contributed by atoms with Gasteiger partial charge in [0.15, 0.2) is 0 Å². The molecule has 1 aromatic heterocycles. The molecule has 2 aromatic rings. The Morgan fingerprint density at radius 1 is 1.40 bits per heavy atom. The van der Waals surface area contributed by atoms with E-state index in [1.165, 1.54) is 0 Å². The molecular formula is C15H18N2O2S. The molecule has 0 saturated carbocycles. The van der Waals surface area contributed by atoms with E-state index in [-0.39, 0.29) is 12.0 Å². The quantitative estimate of drug-likeness (QED) is 0.860. The highest BCUT2D eigenvalue weighted by atomic mass is 32.1. The molecule has 0 aliphatic rings. The van der Waals surface area contributed by atoms with Crippen LogP contribution in [0.5, 0.6) is 0 Å². The summed E-state index contributed by atoms with van der Waals surface area (Å²) in [5.74, 6) is -0.296. The molecule has 20 heavy (non-hydrogen) atoms. The van der Waals surface area contributed by atoms with E-state index >= 15 is 0 Å². The Hall–Kier alpha value is -1.72. The summed E-state index contributed by atoms with van der Waals surface area (Å²) in [4.78, 5) is 16.1. The zero-order valence-corrected chi connectivity index (χ0v) is 12.4. The normalized spacial score (nSPS) is 12.2. The molecule has 2 N–H and O–H groups in total. The van der Waals surface area contributed by atoms with E-state index < -0.39 is 0 Å². The third-order valence-corrected chi connectivity index (χ3v) is 3.67. The predicted molar refractivity (Wildman–Crippen MR) is 80.9 cm³/mol. The number of hydrogen-bond acceptors (Lipinski definition) is 5. The maximum atomic E-state index is 11.6. The van der Waals surface area contributed by atoms with Crippen molar-refractivity contribution in [1.29, 1.82) is 0 Å². The van der Waals surface area contributed by atoms with E-state index in [0.29, 0.717) is 12.2 Å². The van der Waals surface area contributed by atoms with Crippen molar-refractivity contribution in [3.63, 3.8) is 0 Å². The molecule has 0 aliphatic carbocycles. The number of carbonyl (C=O) groups is 1. The van der Waals surface area contributed by atoms with Crippen LogP contribution in [0.25, 0.3) is 10.6 Å². The van der Waals surface area contributed by atoms with Crippen LogP contribution >= 0.6 is 11.3 Å². The smallest absolute Gasteiger partial charge is 0.338 e. The van der Waals surface area contributed by atoms with Gasteiger partial charge in [0.1, 0.15) is 5.01 Å². The standard InChI is InChI=1S/C15H18N2O2S/c1-3-19-15(18)12-6-4-11(5-7-12)14-17-13(9-20-14)8-10(2)16/h4-7,9-10H,3,8,16H2,1-2H3. The van der Waals surface area contributed by atoms with Gasteiger partial charge in [-0.2, -0.15) is 0 Å². The number of ether oxygens (including phenoxy) is 1. The van der Waals surface area contributed by atoms with E-state index in [1.807, 2.05) is 24.4 Å². The van der Waals surface area contributed by atoms with Gasteiger partial charge in [-0.15, -0.1) is 11.3 Å². The van der Waals surface area contributed by atoms with Crippen LogP contribution in [0.2, 0.25) is 0 Å². The Balaban J connectivity index is 2.13. The van der Waals surface area contributed by atoms with Crippen molar-refractivity contribution >= 4 is 17.3 Å². The maximum Gasteiger partial charge on any atom is 0.338 e. The first-order chi connectivity index (χ1) is 9.60. The van der Waals surface area contributed by atoms with Crippen LogP contribution in [0.15, 0.2) is 29.6 Å². The van der Waals surface area contributed by atoms with Gasteiger partial charge >= 0.3 is 5.97 Å². The van der Waals surface area contributed by atoms with Gasteiger partial charge in [-0.1, -0.05) is 12.1 Å². The van der Waals surface area contributed by atoms with Gasteiger partial charge in [-0.3, -0.25) is 0 Å². The number of esters is 1. The monoisotopic (exact) mass is 290 g/mol. The number of nitrogens with two attached hydrogens (primary N) is 1. The van der Waals surface area contributed by atoms with E-state index in [1.54, 1.807) is 30.4 Å². The molecule has 0 amide bonds. The van der Waals surface area contributed by atoms with Crippen LogP contribution in [0.3, 0.4) is 0 Å². The summed E-state index contributed by atoms with van der Waals surface area (Å²) in [6, 6.07) is 7.41. The van der Waals surface area contributed by atoms with E-state index in [2.05, 4.69) is 4.98 Å². The summed E-state index contributed by atoms with van der Waals surface area (Å²) in [5, 5.41) is 2.97. The molecule has 1 heterocycles. The second-order valence-corrected chi connectivity index (χ2v) is 5.48. The van der Waals surface area contributed by atoms with Crippen LogP contribution in [-0.4, -0.2) is 23.6 Å². The van der Waals surface area contributed by atoms with Crippen molar-refractivity contribution in [1.82, 2.24) is 4.98 Å². The number of nitrogens with zero attached hydrogens (tertiary/aromatic N) is 1. The summed E-state index contributed by atoms with van der Waals surface area (Å²) in [7, 11) is 0. The molecule has 1 aromatic carbocycles. The fourth-order valence-corrected chi connectivity index (χ4v) is 2.67. The highest BCUT2D eigenvalue weighted by Crippen LogP contribution is 2.24. The maximum absolute atomic E-state index is 11.6. The number of benzene rings is 1. The summed E-state index contributed by atoms with van der Waals surface area (Å²) < 4.78 is 4.96. The van der Waals surface area contributed by atoms with Gasteiger partial charge in [0.05, 0.1) is 17.9 Å². The average Bonchev–Trinajstić information content (AvgIpc) is 2.87. The highest BCUT2D eigenvalue weighted by molar-refractivity contribution is 7.13. The van der Waals surface area contributed by atoms with Crippen molar-refractivity contribution in [2.24, 2.45) is 5.73 Å². The SMILES string of the molecule is CCOC(=O)c1ccc(-c2nc(CC(C)N)cs2)cc1. The minimum Gasteiger partial charge on any atom is -0.462 e. The predicted octanol–water partition coefficient (Wildman–Crippen LogP) is 2.88. The van der Waals surface area contributed by atoms with E-state index in [9.17, 15) is 4.79 Å². The molecule has 0 fully saturated rings. The minimum atomic E-state index is -0.296. The first kappa shape index (κ1) is 14.7. The van der Waals surface area contributed by atoms with Crippen molar-refractivity contribution in [3.05, 3.63) is 40.9 Å². The molecule has 5 heteroatoms. The van der Waals surface area contributed by atoms with Crippen LogP contribution in [-0.2, 0) is 11.2 Å². The zero-order chi connectivity index (χ0) is 14.5. The molecule has 0 bridgehead atoms. The Morgan fingerprint density at radius 2 is 2.10 bits per heavy atom. The minimum absolute atomic E-state index is 0.108. The lowest BCUT2D eigenvalue weighted by Crippen LogP contribution is -2.17. The number of carbonyl (C=O) groups excluding carboxylic acids is 1. The Labute approximate surface area is 122 Å². The van der Waals surface area contributed by atoms with Crippen LogP contribution < -0.4 is 5.73 Å². The summed E-state index contributed by atoms with van der Waals surface area (Å²) in [6.45, 7) is 4.14. The largest absolute Gasteiger partial charge is 0.462 e. The average molecular weight is 290 g/mol. The second kappa shape index (κ2) is 6.63. The molecule has 0 radical (unpaired) electrons. The highest BCUT2D eigenvalue weighted by Gasteiger charge is 2.09. The van der Waals surface area contributed by atoms with Crippen molar-refractivity contribution < 1.29 is 9.53 Å². The third kappa shape index (κ3) is 3.65. The molecule has 0 aliphatic heterocycles. The number of hydrogen-bond donors (Lipinski definition) is 1. The van der Waals surface area contributed by atoms with Crippen LogP contribution in [0.1, 0.15) is 29.9 Å². The van der Waals surface area contributed by atoms with Gasteiger partial charge < -0.3 is 10.5 Å². The number of aromatic nitrogens is 1. The molecular weight excluding hydrogens is 272 g/mol. The Kier molecular flexibility index (Phi) is 4.87. The van der Waals surface area contributed by atoms with Gasteiger partial charge in [-0.25, -0.2) is 9.78 Å². The van der Waals surface area contributed by atoms with Crippen molar-refractivity contribution in [2.75, 3.05) is 6.61 Å². The fraction of sp³-hybridized carbons (Fsp3) is 0.333. The lowest BCUT2D eigenvalue weighted by atomic mass is 10.1. The van der Waals surface area contributed by atoms with Crippen LogP contribution in [0.4, 0.5) is 0 Å². The summed E-state index contributed by atoms with van der Waals surface area (Å²) in [6.07, 6.45) is 0.775. The first-order valence-electron chi connectivity index (χ1n) is 6.57. The van der Waals surface area contributed by atoms with Crippen LogP contribution in [0, 0.1) is 0 Å². The second-order valence-electron chi connectivity index (χ2n) is 4.62. The lowest BCUT2D eigenvalue weighted by Gasteiger charge is -2.02. The fourth-order valence-electron chi connectivity index (χ4n) is 1.83. The number of rotatable bonds is 5. The van der Waals surface area contributed by atoms with Crippen molar-refractivity contribution in [2.45, 2.75) is 26.3 Å². The summed E-state index contributed by atoms with van der Waals surface area (Å²) in [5.41, 5.74) is 8.33. The zero-order valence-electron chi connectivity index (χ0n) is 11.6. The molecule has 2 rings (SSSR count).